The summed E-state index contributed by atoms with van der Waals surface area (Å²) >= 11 is 0. The van der Waals surface area contributed by atoms with Crippen molar-refractivity contribution in [3.63, 3.8) is 0 Å². The highest BCUT2D eigenvalue weighted by atomic mass is 16.6. The Morgan fingerprint density at radius 3 is 2.39 bits per heavy atom. The molecule has 2 amide bonds. The Labute approximate surface area is 162 Å². The Bertz CT molecular complexity index is 837. The molecule has 1 atom stereocenters. The lowest BCUT2D eigenvalue weighted by Crippen LogP contribution is -2.47. The van der Waals surface area contributed by atoms with E-state index in [9.17, 15) is 9.59 Å². The van der Waals surface area contributed by atoms with Crippen LogP contribution >= 0.6 is 0 Å². The van der Waals surface area contributed by atoms with Gasteiger partial charge >= 0.3 is 0 Å². The van der Waals surface area contributed by atoms with Gasteiger partial charge in [0.05, 0.1) is 6.61 Å². The van der Waals surface area contributed by atoms with Crippen LogP contribution in [0.2, 0.25) is 0 Å². The molecule has 0 fully saturated rings. The van der Waals surface area contributed by atoms with Gasteiger partial charge in [-0.3, -0.25) is 20.4 Å². The number of carbonyl (C=O) groups is 2. The van der Waals surface area contributed by atoms with Gasteiger partial charge in [-0.05, 0) is 56.3 Å². The Hall–Kier alpha value is -3.42. The predicted octanol–water partition coefficient (Wildman–Crippen LogP) is 2.08. The van der Waals surface area contributed by atoms with Crippen molar-refractivity contribution in [2.24, 2.45) is 0 Å². The zero-order valence-corrected chi connectivity index (χ0v) is 15.7. The number of rotatable bonds is 6. The maximum absolute atomic E-state index is 12.2. The monoisotopic (exact) mass is 386 g/mol. The Balaban J connectivity index is 1.50. The second-order valence-corrected chi connectivity index (χ2v) is 5.97. The third-order valence-corrected chi connectivity index (χ3v) is 3.92. The molecule has 1 aliphatic rings. The lowest BCUT2D eigenvalue weighted by molar-refractivity contribution is -0.128. The molecule has 8 nitrogen and oxygen atoms in total. The first-order valence-corrected chi connectivity index (χ1v) is 8.96. The summed E-state index contributed by atoms with van der Waals surface area (Å²) in [5, 5.41) is 0. The normalized spacial score (nSPS) is 13.2. The van der Waals surface area contributed by atoms with Gasteiger partial charge in [0.2, 0.25) is 0 Å². The maximum atomic E-state index is 12.2. The quantitative estimate of drug-likeness (QED) is 0.738. The summed E-state index contributed by atoms with van der Waals surface area (Å²) in [6.07, 6.45) is -0.807. The number of ether oxygens (including phenoxy) is 4. The van der Waals surface area contributed by atoms with E-state index in [4.69, 9.17) is 18.9 Å². The summed E-state index contributed by atoms with van der Waals surface area (Å²) in [7, 11) is 0. The number of carbonyl (C=O) groups excluding carboxylic acids is 2. The number of amides is 2. The number of nitrogens with one attached hydrogen (secondary N) is 2. The van der Waals surface area contributed by atoms with E-state index in [1.54, 1.807) is 49.4 Å². The van der Waals surface area contributed by atoms with Gasteiger partial charge < -0.3 is 18.9 Å². The van der Waals surface area contributed by atoms with Gasteiger partial charge in [-0.25, -0.2) is 0 Å². The average molecular weight is 386 g/mol. The number of fused-ring (bicyclic) bond motifs is 1. The first-order valence-electron chi connectivity index (χ1n) is 8.96. The van der Waals surface area contributed by atoms with E-state index in [-0.39, 0.29) is 0 Å². The van der Waals surface area contributed by atoms with Gasteiger partial charge in [0.1, 0.15) is 24.7 Å². The highest BCUT2D eigenvalue weighted by molar-refractivity contribution is 5.96. The van der Waals surface area contributed by atoms with Crippen LogP contribution in [0.15, 0.2) is 42.5 Å². The SMILES string of the molecule is CCOc1ccc(O[C@H](C)C(=O)NNC(=O)c2ccc3c(c2)OCCO3)cc1. The molecule has 2 aromatic carbocycles. The fourth-order valence-corrected chi connectivity index (χ4v) is 2.52. The minimum absolute atomic E-state index is 0.338. The molecule has 148 valence electrons. The molecule has 28 heavy (non-hydrogen) atoms. The van der Waals surface area contributed by atoms with Crippen molar-refractivity contribution in [2.75, 3.05) is 19.8 Å². The van der Waals surface area contributed by atoms with Gasteiger partial charge in [-0.15, -0.1) is 0 Å². The standard InChI is InChI=1S/C20H22N2O6/c1-3-25-15-5-7-16(8-6-15)28-13(2)19(23)21-22-20(24)14-4-9-17-18(12-14)27-11-10-26-17/h4-9,12-13H,3,10-11H2,1-2H3,(H,21,23)(H,22,24)/t13-/m1/s1. The molecule has 0 saturated heterocycles. The summed E-state index contributed by atoms with van der Waals surface area (Å²) in [4.78, 5) is 24.4. The van der Waals surface area contributed by atoms with E-state index in [0.717, 1.165) is 5.75 Å². The van der Waals surface area contributed by atoms with Gasteiger partial charge in [0, 0.05) is 5.56 Å². The Morgan fingerprint density at radius 2 is 1.68 bits per heavy atom. The van der Waals surface area contributed by atoms with Crippen molar-refractivity contribution in [1.29, 1.82) is 0 Å². The molecular weight excluding hydrogens is 364 g/mol. The number of hydrogen-bond donors (Lipinski definition) is 2. The van der Waals surface area contributed by atoms with E-state index in [0.29, 0.717) is 42.6 Å². The number of hydrazine groups is 1. The molecule has 0 aromatic heterocycles. The molecule has 2 N–H and O–H groups in total. The van der Waals surface area contributed by atoms with Crippen LogP contribution in [-0.2, 0) is 4.79 Å². The molecule has 0 saturated carbocycles. The Morgan fingerprint density at radius 1 is 1.00 bits per heavy atom. The van der Waals surface area contributed by atoms with Crippen molar-refractivity contribution in [3.05, 3.63) is 48.0 Å². The third kappa shape index (κ3) is 4.85. The number of hydrogen-bond acceptors (Lipinski definition) is 6. The fraction of sp³-hybridized carbons (Fsp3) is 0.300. The van der Waals surface area contributed by atoms with Crippen molar-refractivity contribution in [1.82, 2.24) is 10.9 Å². The van der Waals surface area contributed by atoms with Crippen molar-refractivity contribution in [2.45, 2.75) is 20.0 Å². The molecule has 0 radical (unpaired) electrons. The third-order valence-electron chi connectivity index (χ3n) is 3.92. The Kier molecular flexibility index (Phi) is 6.21. The minimum Gasteiger partial charge on any atom is -0.494 e. The molecule has 1 heterocycles. The van der Waals surface area contributed by atoms with Gasteiger partial charge in [-0.1, -0.05) is 0 Å². The van der Waals surface area contributed by atoms with Crippen LogP contribution in [0.5, 0.6) is 23.0 Å². The molecule has 2 aromatic rings. The summed E-state index contributed by atoms with van der Waals surface area (Å²) in [5.41, 5.74) is 5.05. The highest BCUT2D eigenvalue weighted by Crippen LogP contribution is 2.30. The first kappa shape index (κ1) is 19.3. The van der Waals surface area contributed by atoms with Crippen LogP contribution in [-0.4, -0.2) is 37.7 Å². The fourth-order valence-electron chi connectivity index (χ4n) is 2.52. The molecule has 0 bridgehead atoms. The van der Waals surface area contributed by atoms with Crippen molar-refractivity contribution in [3.8, 4) is 23.0 Å². The van der Waals surface area contributed by atoms with E-state index in [2.05, 4.69) is 10.9 Å². The zero-order valence-electron chi connectivity index (χ0n) is 15.7. The van der Waals surface area contributed by atoms with Crippen LogP contribution in [0, 0.1) is 0 Å². The van der Waals surface area contributed by atoms with Crippen LogP contribution < -0.4 is 29.8 Å². The summed E-state index contributed by atoms with van der Waals surface area (Å²) in [6, 6.07) is 11.7. The molecule has 0 spiro atoms. The van der Waals surface area contributed by atoms with Crippen molar-refractivity contribution >= 4 is 11.8 Å². The highest BCUT2D eigenvalue weighted by Gasteiger charge is 2.18. The van der Waals surface area contributed by atoms with E-state index >= 15 is 0 Å². The molecule has 8 heteroatoms. The molecular formula is C20H22N2O6. The predicted molar refractivity (Wildman–Crippen MR) is 101 cm³/mol. The van der Waals surface area contributed by atoms with E-state index in [1.807, 2.05) is 6.92 Å². The van der Waals surface area contributed by atoms with E-state index < -0.39 is 17.9 Å². The summed E-state index contributed by atoms with van der Waals surface area (Å²) in [6.45, 7) is 4.95. The van der Waals surface area contributed by atoms with Gasteiger partial charge in [0.15, 0.2) is 17.6 Å². The van der Waals surface area contributed by atoms with Crippen LogP contribution in [0.4, 0.5) is 0 Å². The van der Waals surface area contributed by atoms with Gasteiger partial charge in [-0.2, -0.15) is 0 Å². The van der Waals surface area contributed by atoms with Crippen LogP contribution in [0.1, 0.15) is 24.2 Å². The van der Waals surface area contributed by atoms with Crippen LogP contribution in [0.25, 0.3) is 0 Å². The average Bonchev–Trinajstić information content (AvgIpc) is 2.73. The molecule has 3 rings (SSSR count). The number of benzene rings is 2. The summed E-state index contributed by atoms with van der Waals surface area (Å²) in [5.74, 6) is 1.36. The molecule has 0 unspecified atom stereocenters. The zero-order chi connectivity index (χ0) is 19.9. The lowest BCUT2D eigenvalue weighted by atomic mass is 10.2. The second-order valence-electron chi connectivity index (χ2n) is 5.97. The lowest BCUT2D eigenvalue weighted by Gasteiger charge is -2.19. The molecule has 1 aliphatic heterocycles. The minimum atomic E-state index is -0.807. The topological polar surface area (TPSA) is 95.1 Å². The van der Waals surface area contributed by atoms with E-state index in [1.165, 1.54) is 0 Å². The molecule has 0 aliphatic carbocycles. The maximum Gasteiger partial charge on any atom is 0.279 e. The van der Waals surface area contributed by atoms with Crippen LogP contribution in [0.3, 0.4) is 0 Å². The van der Waals surface area contributed by atoms with Gasteiger partial charge in [0.25, 0.3) is 11.8 Å². The van der Waals surface area contributed by atoms with Crippen molar-refractivity contribution < 1.29 is 28.5 Å². The summed E-state index contributed by atoms with van der Waals surface area (Å²) < 4.78 is 21.8. The largest absolute Gasteiger partial charge is 0.494 e. The first-order chi connectivity index (χ1) is 13.6. The smallest absolute Gasteiger partial charge is 0.279 e. The second kappa shape index (κ2) is 8.98.